The summed E-state index contributed by atoms with van der Waals surface area (Å²) in [4.78, 5) is 2.56. The van der Waals surface area contributed by atoms with Crippen molar-refractivity contribution in [3.05, 3.63) is 0 Å². The Labute approximate surface area is 67.3 Å². The zero-order valence-corrected chi connectivity index (χ0v) is 6.98. The number of hydrogen-bond acceptors (Lipinski definition) is 1. The molecule has 0 N–H and O–H groups in total. The maximum atomic E-state index is 5.68. The highest BCUT2D eigenvalue weighted by Gasteiger charge is 2.36. The van der Waals surface area contributed by atoms with E-state index in [2.05, 4.69) is 4.90 Å². The van der Waals surface area contributed by atoms with E-state index in [0.717, 1.165) is 24.4 Å². The third-order valence-electron chi connectivity index (χ3n) is 2.89. The molecule has 1 aliphatic carbocycles. The lowest BCUT2D eigenvalue weighted by molar-refractivity contribution is 0.226. The first-order valence-corrected chi connectivity index (χ1v) is 4.73. The molecule has 2 fully saturated rings. The molecule has 0 aromatic carbocycles. The average molecular weight is 160 g/mol. The summed E-state index contributed by atoms with van der Waals surface area (Å²) >= 11 is 5.68. The van der Waals surface area contributed by atoms with Crippen LogP contribution in [0.15, 0.2) is 0 Å². The van der Waals surface area contributed by atoms with Crippen molar-refractivity contribution >= 4 is 11.6 Å². The molecule has 0 unspecified atom stereocenters. The molecule has 1 saturated carbocycles. The van der Waals surface area contributed by atoms with Crippen LogP contribution >= 0.6 is 11.6 Å². The first-order valence-electron chi connectivity index (χ1n) is 4.20. The molecule has 1 saturated heterocycles. The van der Waals surface area contributed by atoms with Crippen LogP contribution in [0.4, 0.5) is 0 Å². The number of halogens is 1. The Hall–Kier alpha value is 0.250. The van der Waals surface area contributed by atoms with Gasteiger partial charge in [0.15, 0.2) is 0 Å². The van der Waals surface area contributed by atoms with Gasteiger partial charge in [-0.15, -0.1) is 11.6 Å². The van der Waals surface area contributed by atoms with Crippen LogP contribution in [0, 0.1) is 5.92 Å². The molecule has 1 heterocycles. The smallest absolute Gasteiger partial charge is 0.0351 e. The van der Waals surface area contributed by atoms with Crippen molar-refractivity contribution in [3.8, 4) is 0 Å². The van der Waals surface area contributed by atoms with Crippen LogP contribution in [0.5, 0.6) is 0 Å². The van der Waals surface area contributed by atoms with Gasteiger partial charge in [-0.05, 0) is 25.2 Å². The maximum Gasteiger partial charge on any atom is 0.0351 e. The summed E-state index contributed by atoms with van der Waals surface area (Å²) in [5.41, 5.74) is 0. The highest BCUT2D eigenvalue weighted by atomic mass is 35.5. The number of alkyl halides is 1. The first-order chi connectivity index (χ1) is 4.90. The molecule has 0 aromatic heterocycles. The van der Waals surface area contributed by atoms with Crippen molar-refractivity contribution in [1.82, 2.24) is 4.90 Å². The number of hydrogen-bond donors (Lipinski definition) is 0. The van der Waals surface area contributed by atoms with Crippen molar-refractivity contribution < 1.29 is 0 Å². The highest BCUT2D eigenvalue weighted by Crippen LogP contribution is 2.36. The van der Waals surface area contributed by atoms with E-state index < -0.39 is 0 Å². The highest BCUT2D eigenvalue weighted by molar-refractivity contribution is 6.18. The van der Waals surface area contributed by atoms with Gasteiger partial charge >= 0.3 is 0 Å². The van der Waals surface area contributed by atoms with E-state index in [0.29, 0.717) is 0 Å². The molecule has 2 atom stereocenters. The fraction of sp³-hybridized carbons (Fsp3) is 1.00. The van der Waals surface area contributed by atoms with Gasteiger partial charge in [0, 0.05) is 25.0 Å². The van der Waals surface area contributed by atoms with Crippen LogP contribution in [-0.2, 0) is 0 Å². The van der Waals surface area contributed by atoms with E-state index in [1.54, 1.807) is 0 Å². The van der Waals surface area contributed by atoms with Crippen molar-refractivity contribution in [2.45, 2.75) is 25.3 Å². The van der Waals surface area contributed by atoms with Crippen LogP contribution in [0.2, 0.25) is 0 Å². The van der Waals surface area contributed by atoms with Gasteiger partial charge in [-0.1, -0.05) is 0 Å². The van der Waals surface area contributed by atoms with Crippen LogP contribution in [0.25, 0.3) is 0 Å². The summed E-state index contributed by atoms with van der Waals surface area (Å²) in [7, 11) is 0. The van der Waals surface area contributed by atoms with Gasteiger partial charge in [0.05, 0.1) is 0 Å². The largest absolute Gasteiger partial charge is 0.299 e. The third kappa shape index (κ3) is 1.06. The molecule has 1 nitrogen and oxygen atoms in total. The van der Waals surface area contributed by atoms with Gasteiger partial charge in [-0.25, -0.2) is 0 Å². The van der Waals surface area contributed by atoms with Gasteiger partial charge in [0.1, 0.15) is 0 Å². The molecule has 0 amide bonds. The minimum absolute atomic E-state index is 0.809. The Morgan fingerprint density at radius 3 is 2.80 bits per heavy atom. The zero-order valence-electron chi connectivity index (χ0n) is 6.22. The lowest BCUT2D eigenvalue weighted by Gasteiger charge is -2.25. The maximum absolute atomic E-state index is 5.68. The average Bonchev–Trinajstić information content (AvgIpc) is 2.48. The lowest BCUT2D eigenvalue weighted by atomic mass is 10.1. The summed E-state index contributed by atoms with van der Waals surface area (Å²) in [6.07, 6.45) is 4.36. The molecule has 1 aliphatic heterocycles. The molecule has 2 rings (SSSR count). The fourth-order valence-electron chi connectivity index (χ4n) is 2.41. The second kappa shape index (κ2) is 2.71. The third-order valence-corrected chi connectivity index (χ3v) is 3.06. The predicted octanol–water partition coefficient (Wildman–Crippen LogP) is 1.71. The molecule has 10 heavy (non-hydrogen) atoms. The minimum atomic E-state index is 0.809. The Morgan fingerprint density at radius 1 is 1.40 bits per heavy atom. The number of rotatable bonds is 2. The first kappa shape index (κ1) is 6.93. The number of piperidine rings is 1. The molecule has 0 spiro atoms. The van der Waals surface area contributed by atoms with Crippen molar-refractivity contribution in [1.29, 1.82) is 0 Å². The van der Waals surface area contributed by atoms with E-state index in [9.17, 15) is 0 Å². The monoisotopic (exact) mass is 159 g/mol. The normalized spacial score (nSPS) is 39.3. The summed E-state index contributed by atoms with van der Waals surface area (Å²) in [5, 5.41) is 0. The lowest BCUT2D eigenvalue weighted by Crippen LogP contribution is -2.33. The van der Waals surface area contributed by atoms with Crippen LogP contribution < -0.4 is 0 Å². The van der Waals surface area contributed by atoms with E-state index in [-0.39, 0.29) is 0 Å². The Morgan fingerprint density at radius 2 is 2.30 bits per heavy atom. The SMILES string of the molecule is ClCCN1C[C@H]2CC[C@@H]1C2. The molecule has 58 valence electrons. The number of likely N-dealkylation sites (tertiary alicyclic amines) is 1. The molecule has 2 heteroatoms. The van der Waals surface area contributed by atoms with Crippen molar-refractivity contribution in [2.24, 2.45) is 5.92 Å². The zero-order chi connectivity index (χ0) is 6.97. The summed E-state index contributed by atoms with van der Waals surface area (Å²) in [6, 6.07) is 0.906. The van der Waals surface area contributed by atoms with Crippen molar-refractivity contribution in [2.75, 3.05) is 19.0 Å². The summed E-state index contributed by atoms with van der Waals surface area (Å²) in [6.45, 7) is 2.44. The van der Waals surface area contributed by atoms with Crippen molar-refractivity contribution in [3.63, 3.8) is 0 Å². The molecule has 0 aromatic rings. The summed E-state index contributed by atoms with van der Waals surface area (Å²) < 4.78 is 0. The van der Waals surface area contributed by atoms with Gasteiger partial charge < -0.3 is 0 Å². The van der Waals surface area contributed by atoms with Gasteiger partial charge in [0.25, 0.3) is 0 Å². The van der Waals surface area contributed by atoms with E-state index in [1.807, 2.05) is 0 Å². The molecule has 0 radical (unpaired) electrons. The van der Waals surface area contributed by atoms with E-state index >= 15 is 0 Å². The second-order valence-corrected chi connectivity index (χ2v) is 3.89. The standard InChI is InChI=1S/C8H14ClN/c9-3-4-10-6-7-1-2-8(10)5-7/h7-8H,1-6H2/t7-,8+/m0/s1. The van der Waals surface area contributed by atoms with Crippen LogP contribution in [0.1, 0.15) is 19.3 Å². The minimum Gasteiger partial charge on any atom is -0.299 e. The fourth-order valence-corrected chi connectivity index (χ4v) is 2.63. The molecular formula is C8H14ClN. The van der Waals surface area contributed by atoms with Gasteiger partial charge in [0.2, 0.25) is 0 Å². The summed E-state index contributed by atoms with van der Waals surface area (Å²) in [5.74, 6) is 1.83. The van der Waals surface area contributed by atoms with Gasteiger partial charge in [-0.3, -0.25) is 4.90 Å². The van der Waals surface area contributed by atoms with E-state index in [4.69, 9.17) is 11.6 Å². The predicted molar refractivity (Wildman–Crippen MR) is 43.4 cm³/mol. The molecular weight excluding hydrogens is 146 g/mol. The quantitative estimate of drug-likeness (QED) is 0.555. The van der Waals surface area contributed by atoms with Crippen LogP contribution in [0.3, 0.4) is 0 Å². The van der Waals surface area contributed by atoms with Gasteiger partial charge in [-0.2, -0.15) is 0 Å². The Kier molecular flexibility index (Phi) is 1.88. The molecule has 2 bridgehead atoms. The topological polar surface area (TPSA) is 3.24 Å². The Bertz CT molecular complexity index is 126. The molecule has 2 aliphatic rings. The number of nitrogens with zero attached hydrogens (tertiary/aromatic N) is 1. The second-order valence-electron chi connectivity index (χ2n) is 3.52. The number of fused-ring (bicyclic) bond motifs is 2. The Balaban J connectivity index is 1.90. The van der Waals surface area contributed by atoms with E-state index in [1.165, 1.54) is 25.8 Å². The van der Waals surface area contributed by atoms with Crippen LogP contribution in [-0.4, -0.2) is 29.9 Å².